The number of halogens is 1. The van der Waals surface area contributed by atoms with Crippen LogP contribution in [-0.4, -0.2) is 92.4 Å². The number of carbonyl (C=O) groups is 2. The van der Waals surface area contributed by atoms with Crippen molar-refractivity contribution in [2.45, 2.75) is 72.6 Å². The first kappa shape index (κ1) is 23.9. The average molecular weight is 539 g/mol. The van der Waals surface area contributed by atoms with Crippen LogP contribution < -0.4 is 0 Å². The molecule has 0 unspecified atom stereocenters. The van der Waals surface area contributed by atoms with Gasteiger partial charge in [0.1, 0.15) is 24.9 Å². The Kier molecular flexibility index (Phi) is 4.46. The number of rotatable bonds is 1. The van der Waals surface area contributed by atoms with Gasteiger partial charge < -0.3 is 49.2 Å². The molecule has 3 fully saturated rings. The maximum atomic E-state index is 13.6. The fourth-order valence-electron chi connectivity index (χ4n) is 7.15. The highest BCUT2D eigenvalue weighted by Gasteiger charge is 2.88. The van der Waals surface area contributed by atoms with Crippen molar-refractivity contribution >= 4 is 23.4 Å². The molecule has 1 aromatic rings. The summed E-state index contributed by atoms with van der Waals surface area (Å²) in [6.07, 6.45) is -9.74. The Morgan fingerprint density at radius 3 is 2.51 bits per heavy atom. The Hall–Kier alpha value is -2.13. The van der Waals surface area contributed by atoms with Gasteiger partial charge in [-0.1, -0.05) is 23.7 Å². The van der Waals surface area contributed by atoms with Gasteiger partial charge in [-0.05, 0) is 12.5 Å². The predicted octanol–water partition coefficient (Wildman–Crippen LogP) is -1.22. The Balaban J connectivity index is 1.58. The molecule has 0 amide bonds. The van der Waals surface area contributed by atoms with Crippen LogP contribution in [-0.2, 0) is 38.9 Å². The first-order valence-corrected chi connectivity index (χ1v) is 12.1. The van der Waals surface area contributed by atoms with Crippen LogP contribution in [0.3, 0.4) is 0 Å². The van der Waals surface area contributed by atoms with Crippen LogP contribution in [0.5, 0.6) is 0 Å². The predicted molar refractivity (Wildman–Crippen MR) is 117 cm³/mol. The zero-order valence-corrected chi connectivity index (χ0v) is 20.3. The second kappa shape index (κ2) is 6.89. The minimum absolute atomic E-state index is 0.00981. The lowest BCUT2D eigenvalue weighted by Crippen LogP contribution is -2.70. The molecular formula is C24H23ClO12. The molecule has 7 rings (SSSR count). The van der Waals surface area contributed by atoms with Gasteiger partial charge in [-0.15, -0.1) is 0 Å². The summed E-state index contributed by atoms with van der Waals surface area (Å²) < 4.78 is 28.8. The minimum Gasteiger partial charge on any atom is -0.476 e. The van der Waals surface area contributed by atoms with E-state index in [1.165, 1.54) is 19.1 Å². The van der Waals surface area contributed by atoms with E-state index in [9.17, 15) is 35.1 Å². The fourth-order valence-corrected chi connectivity index (χ4v) is 7.59. The van der Waals surface area contributed by atoms with Gasteiger partial charge in [0.05, 0.1) is 11.1 Å². The minimum atomic E-state index is -2.57. The number of ketones is 1. The van der Waals surface area contributed by atoms with Crippen LogP contribution in [0.2, 0.25) is 5.02 Å². The van der Waals surface area contributed by atoms with Crippen molar-refractivity contribution in [1.29, 1.82) is 0 Å². The number of hydrogen-bond donors (Lipinski definition) is 5. The first-order valence-electron chi connectivity index (χ1n) is 11.7. The molecule has 37 heavy (non-hydrogen) atoms. The third kappa shape index (κ3) is 2.28. The number of Topliss-reactive ketones (excluding diaryl/α,β-unsaturated/α-hetero) is 1. The summed E-state index contributed by atoms with van der Waals surface area (Å²) in [7, 11) is 1.15. The number of ether oxygens (including phenoxy) is 5. The monoisotopic (exact) mass is 538 g/mol. The molecule has 3 aliphatic heterocycles. The number of fused-ring (bicyclic) bond motifs is 1. The largest absolute Gasteiger partial charge is 0.476 e. The molecule has 3 heterocycles. The van der Waals surface area contributed by atoms with Crippen LogP contribution in [0.25, 0.3) is 0 Å². The van der Waals surface area contributed by atoms with Crippen molar-refractivity contribution < 1.29 is 58.8 Å². The number of esters is 1. The topological polar surface area (TPSA) is 185 Å². The third-order valence-electron chi connectivity index (χ3n) is 8.80. The highest BCUT2D eigenvalue weighted by Crippen LogP contribution is 2.72. The molecule has 5 bridgehead atoms. The Morgan fingerprint density at radius 2 is 1.81 bits per heavy atom. The highest BCUT2D eigenvalue weighted by molar-refractivity contribution is 6.32. The number of aliphatic hydroxyl groups is 5. The number of cyclic esters (lactones) is 1. The molecule has 5 N–H and O–H groups in total. The SMILES string of the molecule is CO[C@H]1C(=O)OC[C@H](O)c2ccc3c(c2Cl)[C@]24O[C@]5(O)C(=C(C)C(=O)[C@@]16O[C@H]65)O[C@]2([C@H](O)C[C@H]4O)[C@@H]3O. The van der Waals surface area contributed by atoms with Crippen LogP contribution in [0.15, 0.2) is 23.5 Å². The lowest BCUT2D eigenvalue weighted by atomic mass is 9.75. The molecule has 2 saturated heterocycles. The van der Waals surface area contributed by atoms with E-state index >= 15 is 0 Å². The van der Waals surface area contributed by atoms with Crippen LogP contribution in [0.1, 0.15) is 42.2 Å². The Morgan fingerprint density at radius 1 is 1.11 bits per heavy atom. The van der Waals surface area contributed by atoms with Gasteiger partial charge in [-0.3, -0.25) is 4.79 Å². The van der Waals surface area contributed by atoms with Gasteiger partial charge in [0.15, 0.2) is 40.6 Å². The van der Waals surface area contributed by atoms with Gasteiger partial charge in [0.25, 0.3) is 5.79 Å². The van der Waals surface area contributed by atoms with Crippen LogP contribution in [0, 0.1) is 0 Å². The highest BCUT2D eigenvalue weighted by atomic mass is 35.5. The number of methoxy groups -OCH3 is 1. The van der Waals surface area contributed by atoms with E-state index < -0.39 is 83.3 Å². The number of aliphatic hydroxyl groups excluding tert-OH is 4. The summed E-state index contributed by atoms with van der Waals surface area (Å²) in [4.78, 5) is 26.6. The van der Waals surface area contributed by atoms with E-state index in [4.69, 9.17) is 35.3 Å². The molecule has 0 radical (unpaired) electrons. The van der Waals surface area contributed by atoms with Gasteiger partial charge in [0, 0.05) is 30.2 Å². The van der Waals surface area contributed by atoms with E-state index in [0.717, 1.165) is 7.11 Å². The van der Waals surface area contributed by atoms with Crippen molar-refractivity contribution in [2.75, 3.05) is 13.7 Å². The molecule has 3 aliphatic carbocycles. The number of benzene rings is 1. The second-order valence-corrected chi connectivity index (χ2v) is 10.7. The van der Waals surface area contributed by atoms with Crippen molar-refractivity contribution in [2.24, 2.45) is 0 Å². The Labute approximate surface area is 213 Å². The van der Waals surface area contributed by atoms with Crippen molar-refractivity contribution in [3.05, 3.63) is 45.2 Å². The smallest absolute Gasteiger partial charge is 0.339 e. The maximum Gasteiger partial charge on any atom is 0.339 e. The normalized spacial score (nSPS) is 49.1. The average Bonchev–Trinajstić information content (AvgIpc) is 3.52. The van der Waals surface area contributed by atoms with Gasteiger partial charge >= 0.3 is 5.97 Å². The summed E-state index contributed by atoms with van der Waals surface area (Å²) in [5, 5.41) is 56.9. The van der Waals surface area contributed by atoms with Crippen LogP contribution in [0.4, 0.5) is 0 Å². The quantitative estimate of drug-likeness (QED) is 0.212. The molecule has 1 saturated carbocycles. The van der Waals surface area contributed by atoms with Crippen molar-refractivity contribution in [1.82, 2.24) is 0 Å². The molecule has 10 atom stereocenters. The number of epoxide rings is 1. The molecule has 1 spiro atoms. The molecule has 1 aromatic carbocycles. The van der Waals surface area contributed by atoms with Gasteiger partial charge in [-0.2, -0.15) is 0 Å². The van der Waals surface area contributed by atoms with E-state index in [1.54, 1.807) is 0 Å². The molecule has 198 valence electrons. The van der Waals surface area contributed by atoms with Crippen molar-refractivity contribution in [3.63, 3.8) is 0 Å². The number of hydrogen-bond acceptors (Lipinski definition) is 12. The summed E-state index contributed by atoms with van der Waals surface area (Å²) in [6.45, 7) is 0.728. The summed E-state index contributed by atoms with van der Waals surface area (Å²) in [5.41, 5.74) is -6.36. The van der Waals surface area contributed by atoms with E-state index in [0.29, 0.717) is 0 Å². The summed E-state index contributed by atoms with van der Waals surface area (Å²) >= 11 is 6.76. The third-order valence-corrected chi connectivity index (χ3v) is 9.21. The van der Waals surface area contributed by atoms with E-state index in [2.05, 4.69) is 0 Å². The van der Waals surface area contributed by atoms with Gasteiger partial charge in [0.2, 0.25) is 0 Å². The van der Waals surface area contributed by atoms with Crippen molar-refractivity contribution in [3.8, 4) is 0 Å². The first-order chi connectivity index (χ1) is 17.4. The molecule has 12 nitrogen and oxygen atoms in total. The fraction of sp³-hybridized carbons (Fsp3) is 0.583. The van der Waals surface area contributed by atoms with E-state index in [1.807, 2.05) is 0 Å². The number of carbonyl (C=O) groups excluding carboxylic acids is 2. The molecule has 6 aliphatic rings. The zero-order chi connectivity index (χ0) is 26.4. The lowest BCUT2D eigenvalue weighted by molar-refractivity contribution is -0.387. The van der Waals surface area contributed by atoms with Gasteiger partial charge in [-0.25, -0.2) is 4.79 Å². The summed E-state index contributed by atoms with van der Waals surface area (Å²) in [5.74, 6) is -4.80. The molecular weight excluding hydrogens is 516 g/mol. The zero-order valence-electron chi connectivity index (χ0n) is 19.5. The second-order valence-electron chi connectivity index (χ2n) is 10.4. The Bertz CT molecular complexity index is 1330. The summed E-state index contributed by atoms with van der Waals surface area (Å²) in [6, 6.07) is 2.82. The van der Waals surface area contributed by atoms with Crippen LogP contribution >= 0.6 is 11.6 Å². The molecule has 0 aromatic heterocycles. The maximum absolute atomic E-state index is 13.6. The lowest BCUT2D eigenvalue weighted by Gasteiger charge is -2.55. The van der Waals surface area contributed by atoms with E-state index in [-0.39, 0.29) is 33.7 Å². The molecule has 13 heteroatoms. The standard InChI is InChI=1S/C24H23ClO12/c1-7-15(29)21-18(33-2)19(31)34-6-10(26)8-3-4-9-13(14(8)25)22-11(27)5-12(28)23(22,16(9)30)35-17(7)24(32,37-22)20(21)36-21/h3-4,10-12,16,18,20,26-28,30,32H,5-6H2,1-2H3/t10-,11+,12+,16+,18-,20+,21+,22-,23+,24+/m0/s1.